The van der Waals surface area contributed by atoms with Crippen LogP contribution in [0.4, 0.5) is 0 Å². The fourth-order valence-electron chi connectivity index (χ4n) is 1.82. The summed E-state index contributed by atoms with van der Waals surface area (Å²) in [6.07, 6.45) is 2.18. The Morgan fingerprint density at radius 3 is 2.50 bits per heavy atom. The number of hydrogen-bond donors (Lipinski definition) is 0. The molecule has 1 heterocycles. The minimum absolute atomic E-state index is 0.0726. The van der Waals surface area contributed by atoms with Gasteiger partial charge in [-0.1, -0.05) is 13.8 Å². The molecule has 0 saturated carbocycles. The Morgan fingerprint density at radius 1 is 1.50 bits per heavy atom. The molecule has 0 spiro atoms. The lowest BCUT2D eigenvalue weighted by Gasteiger charge is -2.19. The average molecular weight is 215 g/mol. The van der Waals surface area contributed by atoms with Gasteiger partial charge < -0.3 is 0 Å². The van der Waals surface area contributed by atoms with E-state index in [9.17, 15) is 8.42 Å². The van der Waals surface area contributed by atoms with E-state index in [1.807, 2.05) is 0 Å². The molecule has 3 nitrogen and oxygen atoms in total. The van der Waals surface area contributed by atoms with Gasteiger partial charge in [0.2, 0.25) is 0 Å². The van der Waals surface area contributed by atoms with Gasteiger partial charge in [0.15, 0.2) is 9.84 Å². The van der Waals surface area contributed by atoms with Crippen LogP contribution in [0.2, 0.25) is 0 Å². The molecule has 1 unspecified atom stereocenters. The van der Waals surface area contributed by atoms with Crippen LogP contribution in [-0.4, -0.2) is 19.9 Å². The number of nitrogens with zero attached hydrogens (tertiary/aromatic N) is 1. The lowest BCUT2D eigenvalue weighted by molar-refractivity contribution is 0.369. The minimum atomic E-state index is -2.94. The van der Waals surface area contributed by atoms with Crippen LogP contribution in [0.15, 0.2) is 0 Å². The first-order valence-corrected chi connectivity index (χ1v) is 6.83. The number of sulfone groups is 1. The van der Waals surface area contributed by atoms with E-state index >= 15 is 0 Å². The summed E-state index contributed by atoms with van der Waals surface area (Å²) in [5.74, 6) is 0.797. The molecule has 0 bridgehead atoms. The zero-order valence-corrected chi connectivity index (χ0v) is 9.60. The largest absolute Gasteiger partial charge is 0.229 e. The van der Waals surface area contributed by atoms with Crippen LogP contribution in [0.25, 0.3) is 0 Å². The molecule has 0 radical (unpaired) electrons. The fraction of sp³-hybridized carbons (Fsp3) is 0.900. The van der Waals surface area contributed by atoms with Crippen LogP contribution >= 0.6 is 0 Å². The maximum absolute atomic E-state index is 11.3. The second-order valence-electron chi connectivity index (χ2n) is 4.67. The molecule has 0 aromatic carbocycles. The number of rotatable bonds is 3. The van der Waals surface area contributed by atoms with Crippen LogP contribution in [0.1, 0.15) is 33.1 Å². The molecule has 1 aliphatic heterocycles. The summed E-state index contributed by atoms with van der Waals surface area (Å²) in [4.78, 5) is 0. The molecule has 0 aromatic rings. The van der Waals surface area contributed by atoms with E-state index < -0.39 is 15.3 Å². The fourth-order valence-corrected chi connectivity index (χ4v) is 3.86. The molecule has 1 rings (SSSR count). The first kappa shape index (κ1) is 11.5. The Kier molecular flexibility index (Phi) is 3.20. The molecule has 1 saturated heterocycles. The van der Waals surface area contributed by atoms with Crippen molar-refractivity contribution < 1.29 is 8.42 Å². The number of nitriles is 1. The van der Waals surface area contributed by atoms with Crippen molar-refractivity contribution in [1.29, 1.82) is 5.26 Å². The second kappa shape index (κ2) is 3.90. The maximum Gasteiger partial charge on any atom is 0.151 e. The van der Waals surface area contributed by atoms with Crippen LogP contribution < -0.4 is 0 Å². The molecule has 0 aliphatic carbocycles. The van der Waals surface area contributed by atoms with Gasteiger partial charge in [-0.05, 0) is 25.2 Å². The van der Waals surface area contributed by atoms with E-state index in [1.54, 1.807) is 0 Å². The molecule has 1 atom stereocenters. The van der Waals surface area contributed by atoms with Crippen molar-refractivity contribution in [1.82, 2.24) is 0 Å². The van der Waals surface area contributed by atoms with Crippen molar-refractivity contribution in [2.45, 2.75) is 33.1 Å². The van der Waals surface area contributed by atoms with Crippen molar-refractivity contribution in [3.05, 3.63) is 0 Å². The van der Waals surface area contributed by atoms with Gasteiger partial charge in [-0.15, -0.1) is 0 Å². The highest BCUT2D eigenvalue weighted by molar-refractivity contribution is 7.91. The highest BCUT2D eigenvalue weighted by Crippen LogP contribution is 2.36. The summed E-state index contributed by atoms with van der Waals surface area (Å²) in [6, 6.07) is 2.21. The molecule has 1 fully saturated rings. The van der Waals surface area contributed by atoms with Crippen LogP contribution in [0.3, 0.4) is 0 Å². The summed E-state index contributed by atoms with van der Waals surface area (Å²) in [6.45, 7) is 4.18. The minimum Gasteiger partial charge on any atom is -0.229 e. The smallest absolute Gasteiger partial charge is 0.151 e. The summed E-state index contributed by atoms with van der Waals surface area (Å²) < 4.78 is 22.6. The molecular weight excluding hydrogens is 198 g/mol. The van der Waals surface area contributed by atoms with Gasteiger partial charge in [-0.25, -0.2) is 8.42 Å². The van der Waals surface area contributed by atoms with Gasteiger partial charge in [-0.2, -0.15) is 5.26 Å². The normalized spacial score (nSPS) is 30.4. The van der Waals surface area contributed by atoms with Crippen LogP contribution in [-0.2, 0) is 9.84 Å². The van der Waals surface area contributed by atoms with Crippen molar-refractivity contribution in [3.63, 3.8) is 0 Å². The Morgan fingerprint density at radius 2 is 2.14 bits per heavy atom. The lowest BCUT2D eigenvalue weighted by atomic mass is 9.82. The molecular formula is C10H17NO2S. The van der Waals surface area contributed by atoms with E-state index in [-0.39, 0.29) is 11.5 Å². The standard InChI is InChI=1S/C10H17NO2S/c1-9(2)3-4-10(7-11)5-6-14(12,13)8-10/h9H,3-6,8H2,1-2H3. The average Bonchev–Trinajstić information content (AvgIpc) is 2.40. The maximum atomic E-state index is 11.3. The molecule has 0 amide bonds. The topological polar surface area (TPSA) is 57.9 Å². The SMILES string of the molecule is CC(C)CCC1(C#N)CCS(=O)(=O)C1. The Labute approximate surface area is 86.0 Å². The molecule has 14 heavy (non-hydrogen) atoms. The molecule has 1 aliphatic rings. The van der Waals surface area contributed by atoms with Gasteiger partial charge in [0, 0.05) is 0 Å². The predicted octanol–water partition coefficient (Wildman–Crippen LogP) is 1.75. The zero-order chi connectivity index (χ0) is 10.8. The molecule has 0 N–H and O–H groups in total. The lowest BCUT2D eigenvalue weighted by Crippen LogP contribution is -2.20. The molecule has 80 valence electrons. The van der Waals surface area contributed by atoms with Crippen LogP contribution in [0, 0.1) is 22.7 Å². The third kappa shape index (κ3) is 2.71. The van der Waals surface area contributed by atoms with Gasteiger partial charge in [0.05, 0.1) is 23.0 Å². The van der Waals surface area contributed by atoms with E-state index in [1.165, 1.54) is 0 Å². The predicted molar refractivity (Wildman–Crippen MR) is 55.4 cm³/mol. The van der Waals surface area contributed by atoms with Crippen molar-refractivity contribution in [3.8, 4) is 6.07 Å². The van der Waals surface area contributed by atoms with Crippen molar-refractivity contribution in [2.24, 2.45) is 11.3 Å². The molecule has 0 aromatic heterocycles. The summed E-state index contributed by atoms with van der Waals surface area (Å²) in [5.41, 5.74) is -0.580. The summed E-state index contributed by atoms with van der Waals surface area (Å²) in [7, 11) is -2.94. The quantitative estimate of drug-likeness (QED) is 0.720. The molecule has 4 heteroatoms. The van der Waals surface area contributed by atoms with Gasteiger partial charge in [0.1, 0.15) is 0 Å². The Bertz CT molecular complexity index is 340. The van der Waals surface area contributed by atoms with E-state index in [0.29, 0.717) is 12.3 Å². The zero-order valence-electron chi connectivity index (χ0n) is 8.78. The number of hydrogen-bond acceptors (Lipinski definition) is 3. The Hall–Kier alpha value is -0.560. The van der Waals surface area contributed by atoms with Crippen LogP contribution in [0.5, 0.6) is 0 Å². The third-order valence-corrected chi connectivity index (χ3v) is 4.64. The van der Waals surface area contributed by atoms with E-state index in [4.69, 9.17) is 5.26 Å². The Balaban J connectivity index is 2.67. The third-order valence-electron chi connectivity index (χ3n) is 2.83. The van der Waals surface area contributed by atoms with E-state index in [2.05, 4.69) is 19.9 Å². The van der Waals surface area contributed by atoms with Gasteiger partial charge in [-0.3, -0.25) is 0 Å². The summed E-state index contributed by atoms with van der Waals surface area (Å²) in [5, 5.41) is 9.05. The monoisotopic (exact) mass is 215 g/mol. The highest BCUT2D eigenvalue weighted by Gasteiger charge is 2.42. The first-order valence-electron chi connectivity index (χ1n) is 5.01. The summed E-state index contributed by atoms with van der Waals surface area (Å²) >= 11 is 0. The van der Waals surface area contributed by atoms with E-state index in [0.717, 1.165) is 12.8 Å². The first-order chi connectivity index (χ1) is 6.39. The van der Waals surface area contributed by atoms with Gasteiger partial charge >= 0.3 is 0 Å². The van der Waals surface area contributed by atoms with Crippen molar-refractivity contribution >= 4 is 9.84 Å². The van der Waals surface area contributed by atoms with Gasteiger partial charge in [0.25, 0.3) is 0 Å². The highest BCUT2D eigenvalue weighted by atomic mass is 32.2. The second-order valence-corrected chi connectivity index (χ2v) is 6.85. The van der Waals surface area contributed by atoms with Crippen molar-refractivity contribution in [2.75, 3.05) is 11.5 Å².